The van der Waals surface area contributed by atoms with Crippen LogP contribution in [0.25, 0.3) is 16.7 Å². The van der Waals surface area contributed by atoms with Crippen molar-refractivity contribution in [2.24, 2.45) is 0 Å². The van der Waals surface area contributed by atoms with Gasteiger partial charge >= 0.3 is 5.97 Å². The summed E-state index contributed by atoms with van der Waals surface area (Å²) < 4.78 is 29.0. The standard InChI is InChI=1S/C15H10F2N2O2/c1-8-4-11(17)13(6-10(8)16)19-7-18-12-3-2-9(15(20)21)5-14(12)19/h2-7H,1H3,(H,20,21). The maximum Gasteiger partial charge on any atom is 0.335 e. The van der Waals surface area contributed by atoms with E-state index in [0.717, 1.165) is 12.1 Å². The first-order valence-electron chi connectivity index (χ1n) is 6.14. The van der Waals surface area contributed by atoms with Gasteiger partial charge in [0.25, 0.3) is 0 Å². The van der Waals surface area contributed by atoms with Gasteiger partial charge in [-0.05, 0) is 36.8 Å². The van der Waals surface area contributed by atoms with Gasteiger partial charge in [-0.1, -0.05) is 0 Å². The third kappa shape index (κ3) is 2.14. The smallest absolute Gasteiger partial charge is 0.335 e. The highest BCUT2D eigenvalue weighted by Crippen LogP contribution is 2.23. The predicted octanol–water partition coefficient (Wildman–Crippen LogP) is 3.31. The fraction of sp³-hybridized carbons (Fsp3) is 0.0667. The van der Waals surface area contributed by atoms with Crippen LogP contribution in [0.3, 0.4) is 0 Å². The molecule has 0 radical (unpaired) electrons. The number of aryl methyl sites for hydroxylation is 1. The summed E-state index contributed by atoms with van der Waals surface area (Å²) in [6, 6.07) is 6.48. The number of halogens is 2. The molecule has 3 aromatic rings. The van der Waals surface area contributed by atoms with Gasteiger partial charge < -0.3 is 5.11 Å². The quantitative estimate of drug-likeness (QED) is 0.787. The monoisotopic (exact) mass is 288 g/mol. The van der Waals surface area contributed by atoms with Gasteiger partial charge in [0.2, 0.25) is 0 Å². The predicted molar refractivity (Wildman–Crippen MR) is 72.7 cm³/mol. The van der Waals surface area contributed by atoms with E-state index in [4.69, 9.17) is 5.11 Å². The number of aromatic nitrogens is 2. The number of nitrogens with zero attached hydrogens (tertiary/aromatic N) is 2. The molecule has 0 spiro atoms. The SMILES string of the molecule is Cc1cc(F)c(-n2cnc3ccc(C(=O)O)cc32)cc1F. The van der Waals surface area contributed by atoms with Crippen LogP contribution in [0.5, 0.6) is 0 Å². The minimum atomic E-state index is -1.10. The van der Waals surface area contributed by atoms with E-state index in [-0.39, 0.29) is 16.8 Å². The number of carboxylic acids is 1. The molecule has 0 amide bonds. The average Bonchev–Trinajstić information content (AvgIpc) is 2.85. The molecule has 0 atom stereocenters. The molecule has 0 saturated carbocycles. The number of rotatable bonds is 2. The molecule has 1 aromatic heterocycles. The maximum atomic E-state index is 14.0. The number of fused-ring (bicyclic) bond motifs is 1. The average molecular weight is 288 g/mol. The molecule has 0 aliphatic carbocycles. The van der Waals surface area contributed by atoms with E-state index in [1.165, 1.54) is 36.0 Å². The molecule has 0 aliphatic rings. The van der Waals surface area contributed by atoms with E-state index in [9.17, 15) is 13.6 Å². The number of carbonyl (C=O) groups is 1. The molecule has 3 rings (SSSR count). The van der Waals surface area contributed by atoms with Gasteiger partial charge in [-0.15, -0.1) is 0 Å². The first-order valence-corrected chi connectivity index (χ1v) is 6.14. The Kier molecular flexibility index (Phi) is 2.94. The summed E-state index contributed by atoms with van der Waals surface area (Å²) in [5.74, 6) is -2.24. The van der Waals surface area contributed by atoms with E-state index in [1.807, 2.05) is 0 Å². The summed E-state index contributed by atoms with van der Waals surface area (Å²) in [5.41, 5.74) is 1.14. The number of hydrogen-bond donors (Lipinski definition) is 1. The van der Waals surface area contributed by atoms with Gasteiger partial charge in [0.1, 0.15) is 18.0 Å². The first-order chi connectivity index (χ1) is 9.97. The lowest BCUT2D eigenvalue weighted by Crippen LogP contribution is -2.00. The molecule has 0 aliphatic heterocycles. The molecule has 0 unspecified atom stereocenters. The van der Waals surface area contributed by atoms with Crippen molar-refractivity contribution in [2.45, 2.75) is 6.92 Å². The Bertz CT molecular complexity index is 871. The lowest BCUT2D eigenvalue weighted by molar-refractivity contribution is 0.0697. The largest absolute Gasteiger partial charge is 0.478 e. The topological polar surface area (TPSA) is 55.1 Å². The van der Waals surface area contributed by atoms with Crippen LogP contribution in [-0.4, -0.2) is 20.6 Å². The van der Waals surface area contributed by atoms with Crippen LogP contribution in [0.2, 0.25) is 0 Å². The third-order valence-electron chi connectivity index (χ3n) is 3.28. The van der Waals surface area contributed by atoms with Crippen molar-refractivity contribution < 1.29 is 18.7 Å². The van der Waals surface area contributed by atoms with E-state index in [2.05, 4.69) is 4.98 Å². The molecule has 106 valence electrons. The zero-order valence-corrected chi connectivity index (χ0v) is 11.0. The van der Waals surface area contributed by atoms with Crippen molar-refractivity contribution in [3.63, 3.8) is 0 Å². The molecule has 2 aromatic carbocycles. The molecular weight excluding hydrogens is 278 g/mol. The summed E-state index contributed by atoms with van der Waals surface area (Å²) in [4.78, 5) is 15.1. The highest BCUT2D eigenvalue weighted by molar-refractivity contribution is 5.92. The van der Waals surface area contributed by atoms with Crippen molar-refractivity contribution in [3.05, 3.63) is 59.4 Å². The second-order valence-electron chi connectivity index (χ2n) is 4.68. The molecule has 21 heavy (non-hydrogen) atoms. The van der Waals surface area contributed by atoms with Crippen LogP contribution < -0.4 is 0 Å². The highest BCUT2D eigenvalue weighted by Gasteiger charge is 2.13. The minimum Gasteiger partial charge on any atom is -0.478 e. The Hall–Kier alpha value is -2.76. The molecule has 0 bridgehead atoms. The normalized spacial score (nSPS) is 11.0. The number of imidazole rings is 1. The van der Waals surface area contributed by atoms with E-state index < -0.39 is 17.6 Å². The van der Waals surface area contributed by atoms with Crippen LogP contribution in [0.4, 0.5) is 8.78 Å². The van der Waals surface area contributed by atoms with Gasteiger partial charge in [0, 0.05) is 6.07 Å². The Morgan fingerprint density at radius 2 is 1.95 bits per heavy atom. The Morgan fingerprint density at radius 1 is 1.19 bits per heavy atom. The van der Waals surface area contributed by atoms with Crippen LogP contribution in [-0.2, 0) is 0 Å². The zero-order chi connectivity index (χ0) is 15.1. The molecule has 1 heterocycles. The maximum absolute atomic E-state index is 14.0. The molecule has 0 saturated heterocycles. The molecule has 6 heteroatoms. The number of benzene rings is 2. The van der Waals surface area contributed by atoms with Gasteiger partial charge in [0.15, 0.2) is 0 Å². The summed E-state index contributed by atoms with van der Waals surface area (Å²) in [6.07, 6.45) is 1.34. The summed E-state index contributed by atoms with van der Waals surface area (Å²) in [6.45, 7) is 1.47. The number of carboxylic acid groups (broad SMARTS) is 1. The minimum absolute atomic E-state index is 0.0110. The Balaban J connectivity index is 2.27. The van der Waals surface area contributed by atoms with Gasteiger partial charge in [0.05, 0.1) is 22.3 Å². The van der Waals surface area contributed by atoms with E-state index in [0.29, 0.717) is 11.0 Å². The summed E-state index contributed by atoms with van der Waals surface area (Å²) in [5, 5.41) is 9.01. The molecule has 0 fully saturated rings. The van der Waals surface area contributed by atoms with Crippen LogP contribution in [0.1, 0.15) is 15.9 Å². The zero-order valence-electron chi connectivity index (χ0n) is 11.0. The van der Waals surface area contributed by atoms with Crippen molar-refractivity contribution in [1.29, 1.82) is 0 Å². The van der Waals surface area contributed by atoms with Crippen molar-refractivity contribution >= 4 is 17.0 Å². The summed E-state index contributed by atoms with van der Waals surface area (Å²) >= 11 is 0. The van der Waals surface area contributed by atoms with Crippen LogP contribution in [0, 0.1) is 18.6 Å². The first kappa shape index (κ1) is 13.2. The Morgan fingerprint density at radius 3 is 2.67 bits per heavy atom. The lowest BCUT2D eigenvalue weighted by atomic mass is 10.1. The lowest BCUT2D eigenvalue weighted by Gasteiger charge is -2.08. The molecular formula is C15H10F2N2O2. The molecule has 1 N–H and O–H groups in total. The van der Waals surface area contributed by atoms with Gasteiger partial charge in [-0.3, -0.25) is 4.57 Å². The van der Waals surface area contributed by atoms with Crippen molar-refractivity contribution in [2.75, 3.05) is 0 Å². The highest BCUT2D eigenvalue weighted by atomic mass is 19.1. The summed E-state index contributed by atoms with van der Waals surface area (Å²) in [7, 11) is 0. The number of hydrogen-bond acceptors (Lipinski definition) is 2. The van der Waals surface area contributed by atoms with E-state index in [1.54, 1.807) is 0 Å². The van der Waals surface area contributed by atoms with Gasteiger partial charge in [-0.2, -0.15) is 0 Å². The molecule has 4 nitrogen and oxygen atoms in total. The van der Waals surface area contributed by atoms with Crippen molar-refractivity contribution in [3.8, 4) is 5.69 Å². The second kappa shape index (κ2) is 4.66. The van der Waals surface area contributed by atoms with Gasteiger partial charge in [-0.25, -0.2) is 18.6 Å². The second-order valence-corrected chi connectivity index (χ2v) is 4.68. The Labute approximate surface area is 118 Å². The fourth-order valence-electron chi connectivity index (χ4n) is 2.15. The fourth-order valence-corrected chi connectivity index (χ4v) is 2.15. The third-order valence-corrected chi connectivity index (χ3v) is 3.28. The van der Waals surface area contributed by atoms with Crippen LogP contribution in [0.15, 0.2) is 36.7 Å². The van der Waals surface area contributed by atoms with Crippen molar-refractivity contribution in [1.82, 2.24) is 9.55 Å². The number of aromatic carboxylic acids is 1. The van der Waals surface area contributed by atoms with Crippen LogP contribution >= 0.6 is 0 Å². The van der Waals surface area contributed by atoms with E-state index >= 15 is 0 Å².